The molecular formula is C17H15NO2S2+2. The second-order valence-electron chi connectivity index (χ2n) is 4.51. The van der Waals surface area contributed by atoms with Crippen molar-refractivity contribution in [2.45, 2.75) is 19.8 Å². The van der Waals surface area contributed by atoms with Crippen molar-refractivity contribution >= 4 is 22.4 Å². The minimum Gasteiger partial charge on any atom is -0.174 e. The summed E-state index contributed by atoms with van der Waals surface area (Å²) in [6, 6.07) is 24.2. The first-order chi connectivity index (χ1) is 10.8. The number of aromatic nitrogens is 1. The predicted octanol–water partition coefficient (Wildman–Crippen LogP) is 4.10. The van der Waals surface area contributed by atoms with Gasteiger partial charge < -0.3 is 0 Å². The van der Waals surface area contributed by atoms with Gasteiger partial charge in [0.2, 0.25) is 22.4 Å². The van der Waals surface area contributed by atoms with Crippen molar-refractivity contribution in [2.24, 2.45) is 0 Å². The topological polar surface area (TPSA) is 53.4 Å². The molecule has 0 bridgehead atoms. The van der Waals surface area contributed by atoms with E-state index in [0.717, 1.165) is 9.79 Å². The number of hydrogen-bond donors (Lipinski definition) is 2. The fraction of sp³-hybridized carbons (Fsp3) is 0. The van der Waals surface area contributed by atoms with Crippen LogP contribution in [0.25, 0.3) is 0 Å². The number of benzene rings is 2. The smallest absolute Gasteiger partial charge is 0.174 e. The molecule has 1 aromatic heterocycles. The highest BCUT2D eigenvalue weighted by Crippen LogP contribution is 2.23. The van der Waals surface area contributed by atoms with Crippen molar-refractivity contribution in [2.75, 3.05) is 0 Å². The molecule has 2 aromatic carbocycles. The summed E-state index contributed by atoms with van der Waals surface area (Å²) in [6.07, 6.45) is 0. The van der Waals surface area contributed by atoms with Crippen LogP contribution < -0.4 is 0 Å². The van der Waals surface area contributed by atoms with Crippen LogP contribution in [0, 0.1) is 0 Å². The maximum absolute atomic E-state index is 10.5. The van der Waals surface area contributed by atoms with Crippen molar-refractivity contribution in [3.05, 3.63) is 78.9 Å². The van der Waals surface area contributed by atoms with E-state index in [-0.39, 0.29) is 0 Å². The molecule has 0 fully saturated rings. The van der Waals surface area contributed by atoms with E-state index in [0.29, 0.717) is 10.1 Å². The quantitative estimate of drug-likeness (QED) is 0.709. The standard InChI is InChI=1S/C17H15NO2S2/c19-21(14-8-3-1-4-9-14)16-12-7-13-17(18-16)22(20)15-10-5-2-6-11-15/h1-13,19-20H/q+2. The lowest BCUT2D eigenvalue weighted by molar-refractivity contribution is 0.624. The Labute approximate surface area is 135 Å². The van der Waals surface area contributed by atoms with E-state index in [1.165, 1.54) is 0 Å². The van der Waals surface area contributed by atoms with Crippen LogP contribution >= 0.6 is 0 Å². The molecule has 1 heterocycles. The van der Waals surface area contributed by atoms with Gasteiger partial charge in [0.25, 0.3) is 10.1 Å². The summed E-state index contributed by atoms with van der Waals surface area (Å²) in [7, 11) is 0. The summed E-state index contributed by atoms with van der Waals surface area (Å²) >= 11 is -2.20. The number of pyridine rings is 1. The molecule has 0 aliphatic carbocycles. The van der Waals surface area contributed by atoms with Gasteiger partial charge >= 0.3 is 0 Å². The lowest BCUT2D eigenvalue weighted by atomic mass is 10.4. The van der Waals surface area contributed by atoms with Crippen molar-refractivity contribution in [3.63, 3.8) is 0 Å². The molecule has 2 N–H and O–H groups in total. The maximum atomic E-state index is 10.5. The number of hydrogen-bond acceptors (Lipinski definition) is 3. The van der Waals surface area contributed by atoms with Crippen LogP contribution in [0.2, 0.25) is 0 Å². The Kier molecular flexibility index (Phi) is 4.80. The van der Waals surface area contributed by atoms with Gasteiger partial charge in [-0.05, 0) is 30.3 Å². The Hall–Kier alpha value is -1.79. The van der Waals surface area contributed by atoms with Crippen LogP contribution in [-0.4, -0.2) is 14.1 Å². The van der Waals surface area contributed by atoms with Crippen LogP contribution in [0.1, 0.15) is 0 Å². The van der Waals surface area contributed by atoms with Gasteiger partial charge in [-0.2, -0.15) is 9.11 Å². The molecule has 0 aliphatic heterocycles. The zero-order valence-electron chi connectivity index (χ0n) is 11.7. The molecule has 2 atom stereocenters. The Morgan fingerprint density at radius 1 is 0.545 bits per heavy atom. The summed E-state index contributed by atoms with van der Waals surface area (Å²) in [5.74, 6) is 0. The second kappa shape index (κ2) is 6.98. The highest BCUT2D eigenvalue weighted by atomic mass is 32.2. The van der Waals surface area contributed by atoms with Crippen molar-refractivity contribution in [1.82, 2.24) is 4.98 Å². The highest BCUT2D eigenvalue weighted by molar-refractivity contribution is 7.92. The number of nitrogens with zero attached hydrogens (tertiary/aromatic N) is 1. The van der Waals surface area contributed by atoms with Gasteiger partial charge in [-0.25, -0.2) is 0 Å². The van der Waals surface area contributed by atoms with E-state index in [9.17, 15) is 9.11 Å². The van der Waals surface area contributed by atoms with Crippen LogP contribution in [0.15, 0.2) is 98.7 Å². The Morgan fingerprint density at radius 3 is 1.36 bits per heavy atom. The lowest BCUT2D eigenvalue weighted by Gasteiger charge is -2.00. The average molecular weight is 329 g/mol. The SMILES string of the molecule is O[S+](c1ccccc1)c1cccc([S+](O)c2ccccc2)n1. The van der Waals surface area contributed by atoms with Crippen LogP contribution in [-0.2, 0) is 22.4 Å². The molecule has 5 heteroatoms. The Morgan fingerprint density at radius 2 is 0.955 bits per heavy atom. The molecule has 0 aliphatic rings. The third-order valence-electron chi connectivity index (χ3n) is 3.03. The first-order valence-electron chi connectivity index (χ1n) is 6.69. The summed E-state index contributed by atoms with van der Waals surface area (Å²) in [5, 5.41) is 1.12. The van der Waals surface area contributed by atoms with Crippen LogP contribution in [0.3, 0.4) is 0 Å². The van der Waals surface area contributed by atoms with Crippen LogP contribution in [0.5, 0.6) is 0 Å². The minimum absolute atomic E-state index is 0.561. The molecule has 3 nitrogen and oxygen atoms in total. The van der Waals surface area contributed by atoms with Crippen molar-refractivity contribution < 1.29 is 9.11 Å². The molecular weight excluding hydrogens is 314 g/mol. The van der Waals surface area contributed by atoms with Crippen molar-refractivity contribution in [1.29, 1.82) is 0 Å². The van der Waals surface area contributed by atoms with Gasteiger partial charge in [-0.3, -0.25) is 0 Å². The molecule has 3 aromatic rings. The number of rotatable bonds is 4. The van der Waals surface area contributed by atoms with E-state index in [2.05, 4.69) is 4.98 Å². The second-order valence-corrected chi connectivity index (χ2v) is 7.43. The van der Waals surface area contributed by atoms with Gasteiger partial charge in [0.1, 0.15) is 0 Å². The predicted molar refractivity (Wildman–Crippen MR) is 90.2 cm³/mol. The van der Waals surface area contributed by atoms with Gasteiger partial charge in [0.05, 0.1) is 0 Å². The fourth-order valence-electron chi connectivity index (χ4n) is 1.95. The molecule has 0 saturated carbocycles. The molecule has 2 unspecified atom stereocenters. The zero-order chi connectivity index (χ0) is 15.4. The van der Waals surface area contributed by atoms with Gasteiger partial charge in [-0.1, -0.05) is 36.4 Å². The Bertz CT molecular complexity index is 677. The summed E-state index contributed by atoms with van der Waals surface area (Å²) < 4.78 is 20.9. The first kappa shape index (κ1) is 15.1. The van der Waals surface area contributed by atoms with E-state index in [4.69, 9.17) is 0 Å². The molecule has 0 radical (unpaired) electrons. The van der Waals surface area contributed by atoms with E-state index < -0.39 is 22.4 Å². The first-order valence-corrected chi connectivity index (χ1v) is 9.06. The fourth-order valence-corrected chi connectivity index (χ4v) is 4.11. The maximum Gasteiger partial charge on any atom is 0.292 e. The van der Waals surface area contributed by atoms with E-state index in [1.54, 1.807) is 12.1 Å². The van der Waals surface area contributed by atoms with E-state index >= 15 is 0 Å². The van der Waals surface area contributed by atoms with Gasteiger partial charge in [-0.15, -0.1) is 4.98 Å². The summed E-state index contributed by atoms with van der Waals surface area (Å²) in [4.78, 5) is 6.07. The van der Waals surface area contributed by atoms with E-state index in [1.807, 2.05) is 66.7 Å². The van der Waals surface area contributed by atoms with Gasteiger partial charge in [0, 0.05) is 12.1 Å². The third-order valence-corrected chi connectivity index (χ3v) is 5.71. The molecule has 3 rings (SSSR count). The molecule has 0 amide bonds. The molecule has 0 spiro atoms. The van der Waals surface area contributed by atoms with Crippen LogP contribution in [0.4, 0.5) is 0 Å². The van der Waals surface area contributed by atoms with Crippen molar-refractivity contribution in [3.8, 4) is 0 Å². The monoisotopic (exact) mass is 329 g/mol. The normalized spacial score (nSPS) is 13.5. The van der Waals surface area contributed by atoms with Gasteiger partial charge in [0.15, 0.2) is 9.79 Å². The molecule has 110 valence electrons. The largest absolute Gasteiger partial charge is 0.292 e. The third kappa shape index (κ3) is 3.34. The average Bonchev–Trinajstić information content (AvgIpc) is 2.62. The Balaban J connectivity index is 1.90. The highest BCUT2D eigenvalue weighted by Gasteiger charge is 2.31. The zero-order valence-corrected chi connectivity index (χ0v) is 13.3. The summed E-state index contributed by atoms with van der Waals surface area (Å²) in [5.41, 5.74) is 0. The molecule has 22 heavy (non-hydrogen) atoms. The minimum atomic E-state index is -1.10. The molecule has 0 saturated heterocycles. The lowest BCUT2D eigenvalue weighted by Crippen LogP contribution is -2.09. The summed E-state index contributed by atoms with van der Waals surface area (Å²) in [6.45, 7) is 0.